The van der Waals surface area contributed by atoms with Gasteiger partial charge in [-0.05, 0) is 11.8 Å². The summed E-state index contributed by atoms with van der Waals surface area (Å²) in [6, 6.07) is 4.02. The fourth-order valence-electron chi connectivity index (χ4n) is 0.724. The topological polar surface area (TPSA) is 47.6 Å². The molecule has 0 bridgehead atoms. The Morgan fingerprint density at radius 1 is 1.36 bits per heavy atom. The molecular formula is C9H12N2. The van der Waals surface area contributed by atoms with E-state index in [1.54, 1.807) is 0 Å². The van der Waals surface area contributed by atoms with Gasteiger partial charge in [0.2, 0.25) is 0 Å². The predicted molar refractivity (Wildman–Crippen MR) is 43.4 cm³/mol. The van der Waals surface area contributed by atoms with E-state index in [2.05, 4.69) is 6.07 Å². The second-order valence-electron chi connectivity index (χ2n) is 3.11. The fraction of sp³-hybridized carbons (Fsp3) is 0.556. The van der Waals surface area contributed by atoms with Crippen molar-refractivity contribution in [2.24, 2.45) is 5.41 Å². The summed E-state index contributed by atoms with van der Waals surface area (Å²) in [6.45, 7) is 4.02. The quantitative estimate of drug-likeness (QED) is 0.577. The van der Waals surface area contributed by atoms with Gasteiger partial charge in [0.25, 0.3) is 0 Å². The number of allylic oxidation sites excluding steroid dienone is 2. The van der Waals surface area contributed by atoms with Crippen LogP contribution in [0, 0.1) is 28.1 Å². The minimum Gasteiger partial charge on any atom is -0.198 e. The highest BCUT2D eigenvalue weighted by atomic mass is 14.3. The maximum Gasteiger partial charge on any atom is 0.0908 e. The summed E-state index contributed by atoms with van der Waals surface area (Å²) in [5.41, 5.74) is -0.0224. The van der Waals surface area contributed by atoms with Crippen LogP contribution in [0.5, 0.6) is 0 Å². The summed E-state index contributed by atoms with van der Waals surface area (Å²) in [4.78, 5) is 0. The molecule has 0 aromatic carbocycles. The molecule has 2 nitrogen and oxygen atoms in total. The van der Waals surface area contributed by atoms with Crippen molar-refractivity contribution in [3.63, 3.8) is 0 Å². The van der Waals surface area contributed by atoms with Gasteiger partial charge >= 0.3 is 0 Å². The highest BCUT2D eigenvalue weighted by Crippen LogP contribution is 2.23. The maximum atomic E-state index is 8.32. The van der Waals surface area contributed by atoms with E-state index in [0.29, 0.717) is 6.42 Å². The van der Waals surface area contributed by atoms with Gasteiger partial charge in [0.1, 0.15) is 0 Å². The average molecular weight is 148 g/mol. The molecule has 11 heavy (non-hydrogen) atoms. The summed E-state index contributed by atoms with van der Waals surface area (Å²) in [5.74, 6) is 0. The first-order valence-corrected chi connectivity index (χ1v) is 3.57. The van der Waals surface area contributed by atoms with Crippen LogP contribution in [0.4, 0.5) is 0 Å². The number of rotatable bonds is 3. The zero-order valence-electron chi connectivity index (χ0n) is 6.96. The molecule has 0 aliphatic carbocycles. The van der Waals surface area contributed by atoms with E-state index in [-0.39, 0.29) is 5.41 Å². The summed E-state index contributed by atoms with van der Waals surface area (Å²) >= 11 is 0. The largest absolute Gasteiger partial charge is 0.198 e. The van der Waals surface area contributed by atoms with E-state index in [0.717, 1.165) is 6.42 Å². The lowest BCUT2D eigenvalue weighted by Crippen LogP contribution is -2.05. The lowest BCUT2D eigenvalue weighted by molar-refractivity contribution is 0.445. The van der Waals surface area contributed by atoms with E-state index in [1.165, 1.54) is 6.08 Å². The van der Waals surface area contributed by atoms with Crippen LogP contribution in [0.1, 0.15) is 26.7 Å². The molecule has 0 rings (SSSR count). The third-order valence-electron chi connectivity index (χ3n) is 1.49. The molecule has 0 N–H and O–H groups in total. The van der Waals surface area contributed by atoms with E-state index < -0.39 is 0 Å². The van der Waals surface area contributed by atoms with Gasteiger partial charge in [0.15, 0.2) is 0 Å². The van der Waals surface area contributed by atoms with Crippen molar-refractivity contribution >= 4 is 0 Å². The number of nitriles is 2. The molecule has 0 fully saturated rings. The summed E-state index contributed by atoms with van der Waals surface area (Å²) < 4.78 is 0. The van der Waals surface area contributed by atoms with Crippen molar-refractivity contribution in [2.45, 2.75) is 26.7 Å². The molecule has 0 heterocycles. The first-order chi connectivity index (χ1) is 5.12. The van der Waals surface area contributed by atoms with Gasteiger partial charge in [-0.3, -0.25) is 0 Å². The molecule has 58 valence electrons. The Kier molecular flexibility index (Phi) is 4.00. The van der Waals surface area contributed by atoms with E-state index in [4.69, 9.17) is 10.5 Å². The molecule has 2 heteroatoms. The van der Waals surface area contributed by atoms with Crippen molar-refractivity contribution in [1.82, 2.24) is 0 Å². The van der Waals surface area contributed by atoms with Crippen LogP contribution in [0.25, 0.3) is 0 Å². The first kappa shape index (κ1) is 9.72. The number of nitrogens with zero attached hydrogens (tertiary/aromatic N) is 2. The third-order valence-corrected chi connectivity index (χ3v) is 1.49. The minimum atomic E-state index is -0.0224. The fourth-order valence-corrected chi connectivity index (χ4v) is 0.724. The predicted octanol–water partition coefficient (Wildman–Crippen LogP) is 2.40. The monoisotopic (exact) mass is 148 g/mol. The maximum absolute atomic E-state index is 8.32. The van der Waals surface area contributed by atoms with Crippen LogP contribution in [0.15, 0.2) is 12.2 Å². The molecule has 0 aromatic rings. The Balaban J connectivity index is 3.93. The summed E-state index contributed by atoms with van der Waals surface area (Å²) in [6.07, 6.45) is 4.66. The smallest absolute Gasteiger partial charge is 0.0908 e. The van der Waals surface area contributed by atoms with Gasteiger partial charge in [-0.1, -0.05) is 19.9 Å². The molecule has 0 saturated carbocycles. The molecule has 0 amide bonds. The van der Waals surface area contributed by atoms with E-state index in [1.807, 2.05) is 26.0 Å². The van der Waals surface area contributed by atoms with Crippen LogP contribution in [-0.4, -0.2) is 0 Å². The van der Waals surface area contributed by atoms with Crippen LogP contribution < -0.4 is 0 Å². The molecule has 0 saturated heterocycles. The summed E-state index contributed by atoms with van der Waals surface area (Å²) in [5, 5.41) is 16.6. The molecule has 0 spiro atoms. The molecule has 0 aromatic heterocycles. The lowest BCUT2D eigenvalue weighted by atomic mass is 9.88. The number of hydrogen-bond donors (Lipinski definition) is 0. The Hall–Kier alpha value is -1.28. The molecule has 0 aliphatic heterocycles. The lowest BCUT2D eigenvalue weighted by Gasteiger charge is -2.16. The average Bonchev–Trinajstić information content (AvgIpc) is 1.97. The van der Waals surface area contributed by atoms with Crippen molar-refractivity contribution in [2.75, 3.05) is 0 Å². The summed E-state index contributed by atoms with van der Waals surface area (Å²) in [7, 11) is 0. The highest BCUT2D eigenvalue weighted by molar-refractivity contribution is 5.07. The zero-order valence-corrected chi connectivity index (χ0v) is 6.96. The van der Waals surface area contributed by atoms with E-state index >= 15 is 0 Å². The van der Waals surface area contributed by atoms with E-state index in [9.17, 15) is 0 Å². The van der Waals surface area contributed by atoms with Gasteiger partial charge in [0, 0.05) is 12.5 Å². The molecule has 0 unspecified atom stereocenters. The Morgan fingerprint density at radius 3 is 2.45 bits per heavy atom. The van der Waals surface area contributed by atoms with Gasteiger partial charge in [-0.15, -0.1) is 0 Å². The van der Waals surface area contributed by atoms with Crippen molar-refractivity contribution in [3.05, 3.63) is 12.2 Å². The van der Waals surface area contributed by atoms with Crippen LogP contribution in [0.3, 0.4) is 0 Å². The minimum absolute atomic E-state index is 0.0224. The van der Waals surface area contributed by atoms with Gasteiger partial charge in [0.05, 0.1) is 12.1 Å². The Labute approximate surface area is 67.8 Å². The Bertz CT molecular complexity index is 213. The highest BCUT2D eigenvalue weighted by Gasteiger charge is 2.12. The van der Waals surface area contributed by atoms with Gasteiger partial charge < -0.3 is 0 Å². The first-order valence-electron chi connectivity index (χ1n) is 3.57. The second-order valence-corrected chi connectivity index (χ2v) is 3.11. The normalized spacial score (nSPS) is 10.9. The molecule has 0 aliphatic rings. The van der Waals surface area contributed by atoms with Crippen molar-refractivity contribution in [1.29, 1.82) is 10.5 Å². The van der Waals surface area contributed by atoms with Crippen molar-refractivity contribution < 1.29 is 0 Å². The molecular weight excluding hydrogens is 136 g/mol. The van der Waals surface area contributed by atoms with Crippen LogP contribution >= 0.6 is 0 Å². The number of hydrogen-bond acceptors (Lipinski definition) is 2. The van der Waals surface area contributed by atoms with Crippen LogP contribution in [-0.2, 0) is 0 Å². The standard InChI is InChI=1S/C9H12N2/c1-9(2,5-3-7-10)6-4-8-11/h3,5H,4,6H2,1-2H3. The van der Waals surface area contributed by atoms with Crippen molar-refractivity contribution in [3.8, 4) is 12.1 Å². The van der Waals surface area contributed by atoms with Crippen LogP contribution in [0.2, 0.25) is 0 Å². The SMILES string of the molecule is CC(C)(C=CC#N)CCC#N. The third kappa shape index (κ3) is 5.18. The molecule has 0 atom stereocenters. The molecule has 0 radical (unpaired) electrons. The Morgan fingerprint density at radius 2 is 2.00 bits per heavy atom. The second kappa shape index (κ2) is 4.52. The zero-order chi connectivity index (χ0) is 8.74. The van der Waals surface area contributed by atoms with Gasteiger partial charge in [-0.25, -0.2) is 0 Å². The van der Waals surface area contributed by atoms with Gasteiger partial charge in [-0.2, -0.15) is 10.5 Å².